The highest BCUT2D eigenvalue weighted by Crippen LogP contribution is 2.40. The Labute approximate surface area is 237 Å². The van der Waals surface area contributed by atoms with Crippen LogP contribution in [0.15, 0.2) is 134 Å². The molecular weight excluding hydrogens is 500 g/mol. The molecule has 0 spiro atoms. The smallest absolute Gasteiger partial charge is 0.0998 e. The van der Waals surface area contributed by atoms with Crippen molar-refractivity contribution >= 4 is 21.8 Å². The first-order valence-electron chi connectivity index (χ1n) is 13.3. The maximum Gasteiger partial charge on any atom is 0.0998 e. The Kier molecular flexibility index (Phi) is 5.86. The molecule has 0 unspecified atom stereocenters. The molecule has 0 bridgehead atoms. The largest absolute Gasteiger partial charge is 0.309 e. The molecular formula is C37H22N4. The summed E-state index contributed by atoms with van der Waals surface area (Å²) < 4.78 is 2.27. The molecule has 41 heavy (non-hydrogen) atoms. The summed E-state index contributed by atoms with van der Waals surface area (Å²) >= 11 is 0. The summed E-state index contributed by atoms with van der Waals surface area (Å²) in [4.78, 5) is 4.17. The molecule has 0 saturated carbocycles. The third-order valence-electron chi connectivity index (χ3n) is 7.59. The molecule has 2 heterocycles. The molecule has 0 aliphatic heterocycles. The van der Waals surface area contributed by atoms with E-state index in [1.165, 1.54) is 0 Å². The van der Waals surface area contributed by atoms with Gasteiger partial charge in [-0.25, -0.2) is 0 Å². The molecule has 7 rings (SSSR count). The monoisotopic (exact) mass is 522 g/mol. The number of benzene rings is 5. The third-order valence-corrected chi connectivity index (χ3v) is 7.59. The summed E-state index contributed by atoms with van der Waals surface area (Å²) in [7, 11) is 0. The topological polar surface area (TPSA) is 65.4 Å². The van der Waals surface area contributed by atoms with Crippen LogP contribution < -0.4 is 0 Å². The zero-order chi connectivity index (χ0) is 27.8. The lowest BCUT2D eigenvalue weighted by atomic mass is 9.93. The van der Waals surface area contributed by atoms with Gasteiger partial charge in [0.1, 0.15) is 0 Å². The Morgan fingerprint density at radius 1 is 0.512 bits per heavy atom. The van der Waals surface area contributed by atoms with E-state index < -0.39 is 0 Å². The fourth-order valence-corrected chi connectivity index (χ4v) is 5.63. The van der Waals surface area contributed by atoms with Crippen LogP contribution in [0.25, 0.3) is 60.9 Å². The maximum absolute atomic E-state index is 10.3. The second kappa shape index (κ2) is 9.97. The quantitative estimate of drug-likeness (QED) is 0.232. The predicted octanol–water partition coefficient (Wildman–Crippen LogP) is 8.92. The number of pyridine rings is 1. The number of para-hydroxylation sites is 1. The van der Waals surface area contributed by atoms with Crippen LogP contribution in [0.5, 0.6) is 0 Å². The third kappa shape index (κ3) is 4.12. The fourth-order valence-electron chi connectivity index (χ4n) is 5.63. The van der Waals surface area contributed by atoms with Gasteiger partial charge in [0.25, 0.3) is 0 Å². The fraction of sp³-hybridized carbons (Fsp3) is 0. The SMILES string of the molecule is N#Cc1ccc(-c2ccc3c(c2)c2ccccc2n3-c2cc(C#N)c(-c3ccncc3)cc2-c2ccccc2)cc1. The zero-order valence-corrected chi connectivity index (χ0v) is 22.0. The van der Waals surface area contributed by atoms with Crippen molar-refractivity contribution in [3.05, 3.63) is 145 Å². The van der Waals surface area contributed by atoms with Crippen molar-refractivity contribution in [3.63, 3.8) is 0 Å². The van der Waals surface area contributed by atoms with Crippen LogP contribution in [0.2, 0.25) is 0 Å². The van der Waals surface area contributed by atoms with Gasteiger partial charge in [-0.15, -0.1) is 0 Å². The average Bonchev–Trinajstić information content (AvgIpc) is 3.38. The second-order valence-corrected chi connectivity index (χ2v) is 9.90. The first-order chi connectivity index (χ1) is 20.2. The van der Waals surface area contributed by atoms with E-state index >= 15 is 0 Å². The standard InChI is InChI=1S/C37H22N4/c38-23-25-10-12-26(13-11-25)29-14-15-36-34(20-29)31-8-4-5-9-35(31)41(36)37-21-30(24-39)32(28-16-18-40-19-17-28)22-33(37)27-6-2-1-3-7-27/h1-22H. The van der Waals surface area contributed by atoms with Gasteiger partial charge >= 0.3 is 0 Å². The van der Waals surface area contributed by atoms with Gasteiger partial charge < -0.3 is 4.57 Å². The summed E-state index contributed by atoms with van der Waals surface area (Å²) in [5, 5.41) is 21.8. The number of fused-ring (bicyclic) bond motifs is 3. The normalized spacial score (nSPS) is 10.9. The van der Waals surface area contributed by atoms with Gasteiger partial charge in [0.05, 0.1) is 40.0 Å². The summed E-state index contributed by atoms with van der Waals surface area (Å²) in [5.74, 6) is 0. The van der Waals surface area contributed by atoms with Gasteiger partial charge in [-0.05, 0) is 76.9 Å². The van der Waals surface area contributed by atoms with E-state index in [0.29, 0.717) is 11.1 Å². The molecule has 0 aliphatic rings. The van der Waals surface area contributed by atoms with Crippen LogP contribution in [0, 0.1) is 22.7 Å². The zero-order valence-electron chi connectivity index (χ0n) is 22.0. The van der Waals surface area contributed by atoms with E-state index in [1.54, 1.807) is 12.4 Å². The van der Waals surface area contributed by atoms with Gasteiger partial charge in [0.2, 0.25) is 0 Å². The molecule has 5 aromatic carbocycles. The van der Waals surface area contributed by atoms with Crippen LogP contribution in [0.4, 0.5) is 0 Å². The summed E-state index contributed by atoms with van der Waals surface area (Å²) in [6.07, 6.45) is 3.51. The van der Waals surface area contributed by atoms with Crippen LogP contribution >= 0.6 is 0 Å². The highest BCUT2D eigenvalue weighted by Gasteiger charge is 2.19. The molecule has 0 atom stereocenters. The molecule has 0 saturated heterocycles. The molecule has 190 valence electrons. The van der Waals surface area contributed by atoms with Crippen molar-refractivity contribution < 1.29 is 0 Å². The van der Waals surface area contributed by atoms with Crippen LogP contribution in [-0.2, 0) is 0 Å². The Balaban J connectivity index is 1.53. The average molecular weight is 523 g/mol. The van der Waals surface area contributed by atoms with Crippen molar-refractivity contribution in [2.75, 3.05) is 0 Å². The van der Waals surface area contributed by atoms with Crippen molar-refractivity contribution in [2.24, 2.45) is 0 Å². The number of nitrogens with zero attached hydrogens (tertiary/aromatic N) is 4. The van der Waals surface area contributed by atoms with E-state index in [-0.39, 0.29) is 0 Å². The van der Waals surface area contributed by atoms with Crippen molar-refractivity contribution in [1.29, 1.82) is 10.5 Å². The minimum absolute atomic E-state index is 0.603. The number of hydrogen-bond acceptors (Lipinski definition) is 3. The highest BCUT2D eigenvalue weighted by molar-refractivity contribution is 6.11. The number of hydrogen-bond donors (Lipinski definition) is 0. The Bertz CT molecular complexity index is 2140. The summed E-state index contributed by atoms with van der Waals surface area (Å²) in [5.41, 5.74) is 10.4. The van der Waals surface area contributed by atoms with Gasteiger partial charge in [-0.3, -0.25) is 4.98 Å². The maximum atomic E-state index is 10.3. The molecule has 0 radical (unpaired) electrons. The first kappa shape index (κ1) is 24.1. The molecule has 4 heteroatoms. The number of nitriles is 2. The van der Waals surface area contributed by atoms with Crippen molar-refractivity contribution in [1.82, 2.24) is 9.55 Å². The minimum atomic E-state index is 0.603. The Hall–Kier alpha value is -5.97. The van der Waals surface area contributed by atoms with E-state index in [4.69, 9.17) is 0 Å². The predicted molar refractivity (Wildman–Crippen MR) is 164 cm³/mol. The van der Waals surface area contributed by atoms with Gasteiger partial charge in [-0.1, -0.05) is 66.7 Å². The van der Waals surface area contributed by atoms with E-state index in [2.05, 4.69) is 82.4 Å². The van der Waals surface area contributed by atoms with Crippen LogP contribution in [0.3, 0.4) is 0 Å². The van der Waals surface area contributed by atoms with Crippen molar-refractivity contribution in [2.45, 2.75) is 0 Å². The molecule has 0 aliphatic carbocycles. The molecule has 4 nitrogen and oxygen atoms in total. The van der Waals surface area contributed by atoms with Crippen LogP contribution in [0.1, 0.15) is 11.1 Å². The lowest BCUT2D eigenvalue weighted by Gasteiger charge is -2.17. The van der Waals surface area contributed by atoms with Gasteiger partial charge in [0.15, 0.2) is 0 Å². The Morgan fingerprint density at radius 3 is 1.95 bits per heavy atom. The number of rotatable bonds is 4. The molecule has 2 aromatic heterocycles. The first-order valence-corrected chi connectivity index (χ1v) is 13.3. The molecule has 0 fully saturated rings. The minimum Gasteiger partial charge on any atom is -0.309 e. The van der Waals surface area contributed by atoms with Crippen LogP contribution in [-0.4, -0.2) is 9.55 Å². The lowest BCUT2D eigenvalue weighted by Crippen LogP contribution is -2.00. The molecule has 0 amide bonds. The highest BCUT2D eigenvalue weighted by atomic mass is 15.0. The van der Waals surface area contributed by atoms with E-state index in [1.807, 2.05) is 60.7 Å². The molecule has 0 N–H and O–H groups in total. The van der Waals surface area contributed by atoms with E-state index in [0.717, 1.165) is 60.9 Å². The van der Waals surface area contributed by atoms with Crippen molar-refractivity contribution in [3.8, 4) is 51.2 Å². The molecule has 7 aromatic rings. The van der Waals surface area contributed by atoms with E-state index in [9.17, 15) is 10.5 Å². The van der Waals surface area contributed by atoms with Gasteiger partial charge in [-0.2, -0.15) is 10.5 Å². The van der Waals surface area contributed by atoms with Gasteiger partial charge in [0, 0.05) is 34.3 Å². The summed E-state index contributed by atoms with van der Waals surface area (Å²) in [6, 6.07) is 45.6. The Morgan fingerprint density at radius 2 is 1.20 bits per heavy atom. The second-order valence-electron chi connectivity index (χ2n) is 9.90. The summed E-state index contributed by atoms with van der Waals surface area (Å²) in [6.45, 7) is 0. The lowest BCUT2D eigenvalue weighted by molar-refractivity contribution is 1.18. The number of aromatic nitrogens is 2.